The number of carbonyl (C=O) groups excluding carboxylic acids is 2. The summed E-state index contributed by atoms with van der Waals surface area (Å²) in [7, 11) is 0. The van der Waals surface area contributed by atoms with Crippen molar-refractivity contribution in [3.8, 4) is 5.75 Å². The smallest absolute Gasteiger partial charge is 0.265 e. The minimum absolute atomic E-state index is 0.0218. The van der Waals surface area contributed by atoms with Crippen molar-refractivity contribution in [1.82, 2.24) is 5.32 Å². The van der Waals surface area contributed by atoms with Crippen molar-refractivity contribution < 1.29 is 14.3 Å². The number of hydrogen-bond acceptors (Lipinski definition) is 3. The summed E-state index contributed by atoms with van der Waals surface area (Å²) in [4.78, 5) is 26.6. The number of carbonyl (C=O) groups is 2. The van der Waals surface area contributed by atoms with Gasteiger partial charge in [0.15, 0.2) is 6.61 Å². The normalized spacial score (nSPS) is 13.6. The predicted octanol–water partition coefficient (Wildman–Crippen LogP) is 4.83. The molecule has 0 spiro atoms. The van der Waals surface area contributed by atoms with E-state index in [1.165, 1.54) is 5.56 Å². The maximum absolute atomic E-state index is 12.7. The number of ether oxygens (including phenoxy) is 1. The third-order valence-corrected chi connectivity index (χ3v) is 5.94. The third kappa shape index (κ3) is 4.84. The van der Waals surface area contributed by atoms with Gasteiger partial charge in [-0.1, -0.05) is 52.3 Å². The summed E-state index contributed by atoms with van der Waals surface area (Å²) in [6, 6.07) is 13.6. The molecule has 0 aliphatic carbocycles. The van der Waals surface area contributed by atoms with E-state index < -0.39 is 0 Å². The van der Waals surface area contributed by atoms with Crippen LogP contribution in [0.5, 0.6) is 5.75 Å². The summed E-state index contributed by atoms with van der Waals surface area (Å²) in [6.45, 7) is 9.84. The van der Waals surface area contributed by atoms with E-state index in [1.807, 2.05) is 30.3 Å². The molecule has 0 unspecified atom stereocenters. The van der Waals surface area contributed by atoms with Crippen molar-refractivity contribution >= 4 is 17.5 Å². The Kier molecular flexibility index (Phi) is 6.80. The molecule has 0 bridgehead atoms. The number of unbranched alkanes of at least 4 members (excludes halogenated alkanes) is 1. The van der Waals surface area contributed by atoms with Gasteiger partial charge in [-0.05, 0) is 53.6 Å². The van der Waals surface area contributed by atoms with Gasteiger partial charge in [-0.2, -0.15) is 0 Å². The van der Waals surface area contributed by atoms with Crippen molar-refractivity contribution in [2.75, 3.05) is 18.1 Å². The molecular formula is C25H32N2O3. The van der Waals surface area contributed by atoms with Crippen LogP contribution in [0.25, 0.3) is 0 Å². The molecule has 0 aromatic heterocycles. The van der Waals surface area contributed by atoms with Crippen molar-refractivity contribution in [1.29, 1.82) is 0 Å². The van der Waals surface area contributed by atoms with Crippen molar-refractivity contribution in [2.24, 2.45) is 0 Å². The number of benzene rings is 2. The monoisotopic (exact) mass is 408 g/mol. The van der Waals surface area contributed by atoms with Crippen LogP contribution < -0.4 is 15.0 Å². The summed E-state index contributed by atoms with van der Waals surface area (Å²) >= 11 is 0. The molecule has 0 fully saturated rings. The molecule has 2 amide bonds. The minimum Gasteiger partial charge on any atom is -0.482 e. The van der Waals surface area contributed by atoms with Crippen LogP contribution in [0.3, 0.4) is 0 Å². The minimum atomic E-state index is -0.0609. The van der Waals surface area contributed by atoms with Crippen LogP contribution in [-0.4, -0.2) is 25.0 Å². The Hall–Kier alpha value is -2.82. The van der Waals surface area contributed by atoms with E-state index in [0.29, 0.717) is 18.7 Å². The Morgan fingerprint density at radius 1 is 1.13 bits per heavy atom. The van der Waals surface area contributed by atoms with Gasteiger partial charge in [0.05, 0.1) is 12.2 Å². The molecule has 2 aromatic carbocycles. The van der Waals surface area contributed by atoms with Crippen LogP contribution in [0.1, 0.15) is 68.4 Å². The van der Waals surface area contributed by atoms with Crippen molar-refractivity contribution in [3.05, 3.63) is 59.2 Å². The molecule has 2 aromatic rings. The lowest BCUT2D eigenvalue weighted by molar-refractivity contribution is -0.121. The van der Waals surface area contributed by atoms with Crippen LogP contribution >= 0.6 is 0 Å². The number of nitrogens with one attached hydrogen (secondary N) is 1. The number of fused-ring (bicyclic) bond motifs is 1. The molecule has 0 saturated carbocycles. The Morgan fingerprint density at radius 2 is 1.87 bits per heavy atom. The molecule has 160 valence electrons. The summed E-state index contributed by atoms with van der Waals surface area (Å²) < 4.78 is 5.66. The molecule has 3 rings (SSSR count). The zero-order chi connectivity index (χ0) is 21.7. The highest BCUT2D eigenvalue weighted by molar-refractivity contribution is 5.98. The van der Waals surface area contributed by atoms with E-state index >= 15 is 0 Å². The maximum atomic E-state index is 12.7. The Morgan fingerprint density at radius 3 is 2.53 bits per heavy atom. The van der Waals surface area contributed by atoms with Gasteiger partial charge in [0.25, 0.3) is 11.8 Å². The topological polar surface area (TPSA) is 58.6 Å². The van der Waals surface area contributed by atoms with Crippen molar-refractivity contribution in [2.45, 2.75) is 58.9 Å². The third-order valence-electron chi connectivity index (χ3n) is 5.94. The second-order valence-electron chi connectivity index (χ2n) is 8.49. The van der Waals surface area contributed by atoms with Gasteiger partial charge in [0.1, 0.15) is 5.75 Å². The van der Waals surface area contributed by atoms with E-state index in [9.17, 15) is 9.59 Å². The largest absolute Gasteiger partial charge is 0.482 e. The lowest BCUT2D eigenvalue weighted by Gasteiger charge is -2.32. The van der Waals surface area contributed by atoms with Gasteiger partial charge in [-0.25, -0.2) is 0 Å². The highest BCUT2D eigenvalue weighted by Gasteiger charge is 2.28. The quantitative estimate of drug-likeness (QED) is 0.637. The highest BCUT2D eigenvalue weighted by Crippen LogP contribution is 2.38. The van der Waals surface area contributed by atoms with Gasteiger partial charge < -0.3 is 15.0 Å². The first-order valence-electron chi connectivity index (χ1n) is 10.8. The number of hydrogen-bond donors (Lipinski definition) is 1. The zero-order valence-electron chi connectivity index (χ0n) is 18.5. The first-order chi connectivity index (χ1) is 14.4. The van der Waals surface area contributed by atoms with Gasteiger partial charge in [-0.15, -0.1) is 0 Å². The number of anilines is 1. The fourth-order valence-electron chi connectivity index (χ4n) is 3.43. The van der Waals surface area contributed by atoms with Crippen LogP contribution in [0, 0.1) is 0 Å². The zero-order valence-corrected chi connectivity index (χ0v) is 18.5. The maximum Gasteiger partial charge on any atom is 0.265 e. The standard InChI is InChI=1S/C25H32N2O3/c1-5-7-14-26-24(29)19-10-8-18(9-11-19)16-27-21-15-20(25(3,4)6-2)12-13-22(21)30-17-23(27)28/h8-13,15H,5-7,14,16-17H2,1-4H3,(H,26,29). The fraction of sp³-hybridized carbons (Fsp3) is 0.440. The fourth-order valence-corrected chi connectivity index (χ4v) is 3.43. The number of rotatable bonds is 8. The first kappa shape index (κ1) is 21.9. The van der Waals surface area contributed by atoms with E-state index in [1.54, 1.807) is 4.90 Å². The number of nitrogens with zero attached hydrogens (tertiary/aromatic N) is 1. The summed E-state index contributed by atoms with van der Waals surface area (Å²) in [5, 5.41) is 2.93. The van der Waals surface area contributed by atoms with Crippen LogP contribution in [0.15, 0.2) is 42.5 Å². The summed E-state index contributed by atoms with van der Waals surface area (Å²) in [5.74, 6) is 0.613. The molecule has 1 heterocycles. The summed E-state index contributed by atoms with van der Waals surface area (Å²) in [5.41, 5.74) is 3.63. The SMILES string of the molecule is CCCCNC(=O)c1ccc(CN2C(=O)COc3ccc(C(C)(C)CC)cc32)cc1. The van der Waals surface area contributed by atoms with E-state index in [4.69, 9.17) is 4.74 Å². The van der Waals surface area contributed by atoms with Crippen molar-refractivity contribution in [3.63, 3.8) is 0 Å². The molecule has 5 nitrogen and oxygen atoms in total. The van der Waals surface area contributed by atoms with Gasteiger partial charge in [0.2, 0.25) is 0 Å². The van der Waals surface area contributed by atoms with Crippen LogP contribution in [0.2, 0.25) is 0 Å². The van der Waals surface area contributed by atoms with Gasteiger partial charge >= 0.3 is 0 Å². The molecule has 0 atom stereocenters. The van der Waals surface area contributed by atoms with Crippen LogP contribution in [0.4, 0.5) is 5.69 Å². The molecule has 5 heteroatoms. The first-order valence-corrected chi connectivity index (χ1v) is 10.8. The van der Waals surface area contributed by atoms with E-state index in [0.717, 1.165) is 36.3 Å². The molecule has 30 heavy (non-hydrogen) atoms. The Bertz CT molecular complexity index is 903. The summed E-state index contributed by atoms with van der Waals surface area (Å²) in [6.07, 6.45) is 3.02. The molecule has 1 aliphatic rings. The number of amides is 2. The predicted molar refractivity (Wildman–Crippen MR) is 120 cm³/mol. The average molecular weight is 409 g/mol. The van der Waals surface area contributed by atoms with Gasteiger partial charge in [-0.3, -0.25) is 9.59 Å². The lowest BCUT2D eigenvalue weighted by atomic mass is 9.82. The van der Waals surface area contributed by atoms with Crippen LogP contribution in [-0.2, 0) is 16.8 Å². The highest BCUT2D eigenvalue weighted by atomic mass is 16.5. The molecule has 1 N–H and O–H groups in total. The average Bonchev–Trinajstić information content (AvgIpc) is 2.76. The van der Waals surface area contributed by atoms with E-state index in [-0.39, 0.29) is 23.8 Å². The Balaban J connectivity index is 1.79. The second-order valence-corrected chi connectivity index (χ2v) is 8.49. The molecular weight excluding hydrogens is 376 g/mol. The molecule has 0 radical (unpaired) electrons. The van der Waals surface area contributed by atoms with Gasteiger partial charge in [0, 0.05) is 12.1 Å². The molecule has 1 aliphatic heterocycles. The lowest BCUT2D eigenvalue weighted by Crippen LogP contribution is -2.38. The second kappa shape index (κ2) is 9.33. The van der Waals surface area contributed by atoms with E-state index in [2.05, 4.69) is 45.1 Å². The Labute approximate surface area is 179 Å². The molecule has 0 saturated heterocycles.